The van der Waals surface area contributed by atoms with Crippen LogP contribution in [0.4, 0.5) is 0 Å². The van der Waals surface area contributed by atoms with E-state index in [1.54, 1.807) is 35.2 Å². The molecule has 2 rings (SSSR count). The summed E-state index contributed by atoms with van der Waals surface area (Å²) in [6.07, 6.45) is 5.05. The first-order valence-electron chi connectivity index (χ1n) is 6.09. The fourth-order valence-corrected chi connectivity index (χ4v) is 2.16. The standard InChI is InChI=1S/C14H17NO3/c16-10-12-2-1-9-15(12)14(18)8-5-11-3-6-13(17)7-4-11/h3-8,12,16-17H,1-2,9-10H2/b8-5+. The minimum Gasteiger partial charge on any atom is -0.508 e. The highest BCUT2D eigenvalue weighted by molar-refractivity contribution is 5.92. The van der Waals surface area contributed by atoms with E-state index in [1.165, 1.54) is 6.08 Å². The van der Waals surface area contributed by atoms with E-state index in [2.05, 4.69) is 0 Å². The number of carbonyl (C=O) groups is 1. The Bertz CT molecular complexity index is 439. The van der Waals surface area contributed by atoms with Crippen LogP contribution in [0.15, 0.2) is 30.3 Å². The van der Waals surface area contributed by atoms with Crippen molar-refractivity contribution in [3.8, 4) is 5.75 Å². The molecular weight excluding hydrogens is 230 g/mol. The minimum atomic E-state index is -0.0698. The van der Waals surface area contributed by atoms with Crippen molar-refractivity contribution in [1.82, 2.24) is 4.90 Å². The number of aliphatic hydroxyl groups is 1. The van der Waals surface area contributed by atoms with Crippen molar-refractivity contribution in [2.45, 2.75) is 18.9 Å². The van der Waals surface area contributed by atoms with Gasteiger partial charge in [0.25, 0.3) is 0 Å². The molecule has 96 valence electrons. The summed E-state index contributed by atoms with van der Waals surface area (Å²) < 4.78 is 0. The number of rotatable bonds is 3. The molecule has 1 atom stereocenters. The van der Waals surface area contributed by atoms with Crippen LogP contribution in [0, 0.1) is 0 Å². The number of aromatic hydroxyl groups is 1. The lowest BCUT2D eigenvalue weighted by molar-refractivity contribution is -0.127. The van der Waals surface area contributed by atoms with Crippen LogP contribution >= 0.6 is 0 Å². The van der Waals surface area contributed by atoms with Crippen molar-refractivity contribution in [3.63, 3.8) is 0 Å². The van der Waals surface area contributed by atoms with Gasteiger partial charge in [0.2, 0.25) is 5.91 Å². The third kappa shape index (κ3) is 2.90. The van der Waals surface area contributed by atoms with Gasteiger partial charge in [0.1, 0.15) is 5.75 Å². The van der Waals surface area contributed by atoms with Crippen molar-refractivity contribution < 1.29 is 15.0 Å². The molecule has 1 aromatic rings. The van der Waals surface area contributed by atoms with Crippen LogP contribution in [0.2, 0.25) is 0 Å². The summed E-state index contributed by atoms with van der Waals surface area (Å²) in [4.78, 5) is 13.6. The van der Waals surface area contributed by atoms with Gasteiger partial charge in [-0.25, -0.2) is 0 Å². The zero-order valence-corrected chi connectivity index (χ0v) is 10.1. The normalized spacial score (nSPS) is 19.6. The number of amides is 1. The zero-order chi connectivity index (χ0) is 13.0. The fourth-order valence-electron chi connectivity index (χ4n) is 2.16. The van der Waals surface area contributed by atoms with Crippen molar-refractivity contribution in [1.29, 1.82) is 0 Å². The monoisotopic (exact) mass is 247 g/mol. The molecule has 0 aromatic heterocycles. The van der Waals surface area contributed by atoms with Crippen molar-refractivity contribution in [2.24, 2.45) is 0 Å². The number of carbonyl (C=O) groups excluding carboxylic acids is 1. The molecule has 0 saturated carbocycles. The first-order valence-corrected chi connectivity index (χ1v) is 6.09. The summed E-state index contributed by atoms with van der Waals surface area (Å²) >= 11 is 0. The van der Waals surface area contributed by atoms with E-state index >= 15 is 0 Å². The third-order valence-corrected chi connectivity index (χ3v) is 3.18. The molecule has 18 heavy (non-hydrogen) atoms. The number of phenolic OH excluding ortho intramolecular Hbond substituents is 1. The Hall–Kier alpha value is -1.81. The van der Waals surface area contributed by atoms with Crippen LogP contribution in [0.3, 0.4) is 0 Å². The third-order valence-electron chi connectivity index (χ3n) is 3.18. The molecule has 4 nitrogen and oxygen atoms in total. The first-order chi connectivity index (χ1) is 8.70. The Balaban J connectivity index is 2.00. The average molecular weight is 247 g/mol. The number of likely N-dealkylation sites (tertiary alicyclic amines) is 1. The summed E-state index contributed by atoms with van der Waals surface area (Å²) in [6.45, 7) is 0.739. The lowest BCUT2D eigenvalue weighted by atomic mass is 10.2. The van der Waals surface area contributed by atoms with E-state index in [0.717, 1.165) is 18.4 Å². The van der Waals surface area contributed by atoms with E-state index in [1.807, 2.05) is 0 Å². The molecule has 0 spiro atoms. The van der Waals surface area contributed by atoms with Crippen molar-refractivity contribution in [2.75, 3.05) is 13.2 Å². The molecule has 1 fully saturated rings. The van der Waals surface area contributed by atoms with Crippen LogP contribution in [0.25, 0.3) is 6.08 Å². The zero-order valence-electron chi connectivity index (χ0n) is 10.1. The van der Waals surface area contributed by atoms with Gasteiger partial charge < -0.3 is 15.1 Å². The maximum Gasteiger partial charge on any atom is 0.246 e. The van der Waals surface area contributed by atoms with Gasteiger partial charge in [-0.05, 0) is 36.6 Å². The van der Waals surface area contributed by atoms with Gasteiger partial charge >= 0.3 is 0 Å². The van der Waals surface area contributed by atoms with Crippen molar-refractivity contribution in [3.05, 3.63) is 35.9 Å². The Kier molecular flexibility index (Phi) is 3.99. The Morgan fingerprint density at radius 2 is 2.11 bits per heavy atom. The van der Waals surface area contributed by atoms with E-state index in [4.69, 9.17) is 10.2 Å². The quantitative estimate of drug-likeness (QED) is 0.793. The summed E-state index contributed by atoms with van der Waals surface area (Å²) in [5, 5.41) is 18.3. The second kappa shape index (κ2) is 5.69. The van der Waals surface area contributed by atoms with Gasteiger partial charge in [-0.15, -0.1) is 0 Å². The van der Waals surface area contributed by atoms with Crippen LogP contribution in [0.1, 0.15) is 18.4 Å². The highest BCUT2D eigenvalue weighted by Gasteiger charge is 2.26. The second-order valence-electron chi connectivity index (χ2n) is 4.44. The fraction of sp³-hybridized carbons (Fsp3) is 0.357. The average Bonchev–Trinajstić information content (AvgIpc) is 2.86. The SMILES string of the molecule is O=C(/C=C/c1ccc(O)cc1)N1CCCC1CO. The summed E-state index contributed by atoms with van der Waals surface area (Å²) in [5.41, 5.74) is 0.862. The van der Waals surface area contributed by atoms with Crippen LogP contribution < -0.4 is 0 Å². The lowest BCUT2D eigenvalue weighted by Crippen LogP contribution is -2.36. The van der Waals surface area contributed by atoms with Gasteiger partial charge in [0, 0.05) is 12.6 Å². The Labute approximate surface area is 106 Å². The second-order valence-corrected chi connectivity index (χ2v) is 4.44. The number of hydrogen-bond acceptors (Lipinski definition) is 3. The molecule has 1 heterocycles. The van der Waals surface area contributed by atoms with E-state index in [9.17, 15) is 4.79 Å². The predicted molar refractivity (Wildman–Crippen MR) is 69.0 cm³/mol. The minimum absolute atomic E-state index is 0.0266. The predicted octanol–water partition coefficient (Wildman–Crippen LogP) is 1.39. The molecular formula is C14H17NO3. The van der Waals surface area contributed by atoms with E-state index in [0.29, 0.717) is 6.54 Å². The highest BCUT2D eigenvalue weighted by atomic mass is 16.3. The van der Waals surface area contributed by atoms with Crippen LogP contribution in [-0.4, -0.2) is 40.2 Å². The topological polar surface area (TPSA) is 60.8 Å². The molecule has 1 saturated heterocycles. The molecule has 0 aliphatic carbocycles. The number of aliphatic hydroxyl groups excluding tert-OH is 1. The van der Waals surface area contributed by atoms with E-state index < -0.39 is 0 Å². The highest BCUT2D eigenvalue weighted by Crippen LogP contribution is 2.17. The maximum atomic E-state index is 11.9. The number of benzene rings is 1. The first kappa shape index (κ1) is 12.6. The molecule has 1 unspecified atom stereocenters. The molecule has 2 N–H and O–H groups in total. The Morgan fingerprint density at radius 3 is 2.78 bits per heavy atom. The lowest BCUT2D eigenvalue weighted by Gasteiger charge is -2.21. The molecule has 0 radical (unpaired) electrons. The van der Waals surface area contributed by atoms with Gasteiger partial charge in [-0.3, -0.25) is 4.79 Å². The maximum absolute atomic E-state index is 11.9. The number of hydrogen-bond donors (Lipinski definition) is 2. The van der Waals surface area contributed by atoms with Crippen LogP contribution in [0.5, 0.6) is 5.75 Å². The molecule has 0 bridgehead atoms. The van der Waals surface area contributed by atoms with Gasteiger partial charge in [-0.2, -0.15) is 0 Å². The molecule has 1 aromatic carbocycles. The largest absolute Gasteiger partial charge is 0.508 e. The molecule has 4 heteroatoms. The number of nitrogens with zero attached hydrogens (tertiary/aromatic N) is 1. The van der Waals surface area contributed by atoms with Crippen molar-refractivity contribution >= 4 is 12.0 Å². The summed E-state index contributed by atoms with van der Waals surface area (Å²) in [7, 11) is 0. The number of phenols is 1. The Morgan fingerprint density at radius 1 is 1.39 bits per heavy atom. The summed E-state index contributed by atoms with van der Waals surface area (Å²) in [6, 6.07) is 6.61. The summed E-state index contributed by atoms with van der Waals surface area (Å²) in [5.74, 6) is 0.137. The van der Waals surface area contributed by atoms with Gasteiger partial charge in [0.05, 0.1) is 12.6 Å². The van der Waals surface area contributed by atoms with E-state index in [-0.39, 0.29) is 24.3 Å². The molecule has 1 aliphatic heterocycles. The van der Waals surface area contributed by atoms with Crippen LogP contribution in [-0.2, 0) is 4.79 Å². The smallest absolute Gasteiger partial charge is 0.246 e. The van der Waals surface area contributed by atoms with Gasteiger partial charge in [-0.1, -0.05) is 12.1 Å². The van der Waals surface area contributed by atoms with Gasteiger partial charge in [0.15, 0.2) is 0 Å². The molecule has 1 aliphatic rings. The molecule has 1 amide bonds.